The highest BCUT2D eigenvalue weighted by Crippen LogP contribution is 2.05. The largest absolute Gasteiger partial charge is 0.396 e. The van der Waals surface area contributed by atoms with Crippen LogP contribution in [0.2, 0.25) is 0 Å². The molecule has 0 aromatic rings. The molecule has 1 rings (SSSR count). The van der Waals surface area contributed by atoms with Crippen LogP contribution >= 0.6 is 11.8 Å². The maximum atomic E-state index is 11.8. The van der Waals surface area contributed by atoms with Crippen LogP contribution in [-0.4, -0.2) is 72.8 Å². The molecule has 0 unspecified atom stereocenters. The second kappa shape index (κ2) is 10.9. The van der Waals surface area contributed by atoms with E-state index in [1.807, 2.05) is 0 Å². The molecule has 2 amide bonds. The molecule has 1 aliphatic heterocycles. The van der Waals surface area contributed by atoms with Crippen molar-refractivity contribution in [1.29, 1.82) is 0 Å². The van der Waals surface area contributed by atoms with Crippen molar-refractivity contribution in [2.24, 2.45) is 0 Å². The molecule has 0 aromatic carbocycles. The van der Waals surface area contributed by atoms with E-state index >= 15 is 0 Å². The van der Waals surface area contributed by atoms with E-state index in [1.165, 1.54) is 11.8 Å². The summed E-state index contributed by atoms with van der Waals surface area (Å²) < 4.78 is 5.18. The van der Waals surface area contributed by atoms with E-state index in [4.69, 9.17) is 9.84 Å². The minimum atomic E-state index is -0.0335. The van der Waals surface area contributed by atoms with Crippen molar-refractivity contribution in [2.75, 3.05) is 51.0 Å². The van der Waals surface area contributed by atoms with Gasteiger partial charge < -0.3 is 20.1 Å². The first kappa shape index (κ1) is 17.3. The molecule has 1 fully saturated rings. The van der Waals surface area contributed by atoms with E-state index in [1.54, 1.807) is 4.90 Å². The summed E-state index contributed by atoms with van der Waals surface area (Å²) in [6.45, 7) is 3.34. The summed E-state index contributed by atoms with van der Waals surface area (Å²) >= 11 is 1.35. The summed E-state index contributed by atoms with van der Waals surface area (Å²) in [5.74, 6) is 0.705. The fourth-order valence-corrected chi connectivity index (χ4v) is 2.57. The van der Waals surface area contributed by atoms with Gasteiger partial charge in [0, 0.05) is 26.2 Å². The molecule has 7 heteroatoms. The quantitative estimate of drug-likeness (QED) is 0.580. The molecule has 0 aliphatic carbocycles. The molecule has 2 N–H and O–H groups in total. The number of nitrogens with one attached hydrogen (secondary N) is 1. The molecule has 6 nitrogen and oxygen atoms in total. The maximum absolute atomic E-state index is 11.8. The first-order valence-electron chi connectivity index (χ1n) is 7.05. The first-order valence-corrected chi connectivity index (χ1v) is 8.20. The van der Waals surface area contributed by atoms with Crippen molar-refractivity contribution >= 4 is 23.6 Å². The highest BCUT2D eigenvalue weighted by molar-refractivity contribution is 8.00. The van der Waals surface area contributed by atoms with Gasteiger partial charge in [0.15, 0.2) is 0 Å². The maximum Gasteiger partial charge on any atom is 0.232 e. The van der Waals surface area contributed by atoms with E-state index in [2.05, 4.69) is 5.32 Å². The number of hydrogen-bond acceptors (Lipinski definition) is 5. The number of hydrogen-bond donors (Lipinski definition) is 2. The Morgan fingerprint density at radius 1 is 1.15 bits per heavy atom. The molecule has 20 heavy (non-hydrogen) atoms. The number of morpholine rings is 1. The van der Waals surface area contributed by atoms with Crippen LogP contribution in [0.5, 0.6) is 0 Å². The Bertz CT molecular complexity index is 296. The topological polar surface area (TPSA) is 78.9 Å². The van der Waals surface area contributed by atoms with Gasteiger partial charge in [0.1, 0.15) is 0 Å². The average molecular weight is 304 g/mol. The lowest BCUT2D eigenvalue weighted by molar-refractivity contribution is -0.132. The third kappa shape index (κ3) is 7.72. The van der Waals surface area contributed by atoms with Gasteiger partial charge in [0.2, 0.25) is 11.8 Å². The lowest BCUT2D eigenvalue weighted by Gasteiger charge is -2.26. The number of carbonyl (C=O) groups is 2. The van der Waals surface area contributed by atoms with Gasteiger partial charge in [-0.2, -0.15) is 0 Å². The Kier molecular flexibility index (Phi) is 9.44. The molecule has 0 saturated carbocycles. The zero-order valence-corrected chi connectivity index (χ0v) is 12.6. The van der Waals surface area contributed by atoms with Gasteiger partial charge in [0.25, 0.3) is 0 Å². The van der Waals surface area contributed by atoms with Crippen LogP contribution < -0.4 is 5.32 Å². The lowest BCUT2D eigenvalue weighted by atomic mass is 10.2. The fourth-order valence-electron chi connectivity index (χ4n) is 1.83. The highest BCUT2D eigenvalue weighted by Gasteiger charge is 2.16. The second-order valence-corrected chi connectivity index (χ2v) is 5.61. The van der Waals surface area contributed by atoms with Crippen molar-refractivity contribution < 1.29 is 19.4 Å². The van der Waals surface area contributed by atoms with Gasteiger partial charge in [-0.1, -0.05) is 0 Å². The van der Waals surface area contributed by atoms with E-state index in [0.717, 1.165) is 19.3 Å². The van der Waals surface area contributed by atoms with Gasteiger partial charge >= 0.3 is 0 Å². The van der Waals surface area contributed by atoms with Gasteiger partial charge in [-0.25, -0.2) is 0 Å². The summed E-state index contributed by atoms with van der Waals surface area (Å²) in [6.07, 6.45) is 2.57. The molecule has 1 heterocycles. The Labute approximate surface area is 124 Å². The minimum Gasteiger partial charge on any atom is -0.396 e. The van der Waals surface area contributed by atoms with Crippen molar-refractivity contribution in [1.82, 2.24) is 10.2 Å². The molecule has 0 aromatic heterocycles. The van der Waals surface area contributed by atoms with Crippen LogP contribution in [0.4, 0.5) is 0 Å². The Morgan fingerprint density at radius 2 is 1.90 bits per heavy atom. The smallest absolute Gasteiger partial charge is 0.232 e. The minimum absolute atomic E-state index is 0.0335. The van der Waals surface area contributed by atoms with Crippen LogP contribution in [0.15, 0.2) is 0 Å². The monoisotopic (exact) mass is 304 g/mol. The molecule has 0 radical (unpaired) electrons. The predicted octanol–water partition coefficient (Wildman–Crippen LogP) is -0.143. The molecule has 1 saturated heterocycles. The zero-order chi connectivity index (χ0) is 14.6. The number of rotatable bonds is 9. The zero-order valence-electron chi connectivity index (χ0n) is 11.8. The standard InChI is InChI=1S/C13H24N2O4S/c16-7-3-1-2-4-14-12(17)10-20-11-13(18)15-5-8-19-9-6-15/h16H,1-11H2,(H,14,17). The third-order valence-electron chi connectivity index (χ3n) is 2.98. The summed E-state index contributed by atoms with van der Waals surface area (Å²) in [5.41, 5.74) is 0. The summed E-state index contributed by atoms with van der Waals surface area (Å²) in [6, 6.07) is 0. The lowest BCUT2D eigenvalue weighted by Crippen LogP contribution is -2.41. The number of aliphatic hydroxyl groups is 1. The van der Waals surface area contributed by atoms with Crippen molar-refractivity contribution in [3.8, 4) is 0 Å². The predicted molar refractivity (Wildman–Crippen MR) is 78.7 cm³/mol. The third-order valence-corrected chi connectivity index (χ3v) is 3.90. The Hall–Kier alpha value is -0.790. The van der Waals surface area contributed by atoms with Crippen molar-refractivity contribution in [2.45, 2.75) is 19.3 Å². The second-order valence-electron chi connectivity index (χ2n) is 4.62. The van der Waals surface area contributed by atoms with Crippen LogP contribution in [-0.2, 0) is 14.3 Å². The summed E-state index contributed by atoms with van der Waals surface area (Å²) in [7, 11) is 0. The number of unbranched alkanes of at least 4 members (excludes halogenated alkanes) is 2. The van der Waals surface area contributed by atoms with E-state index in [-0.39, 0.29) is 18.4 Å². The van der Waals surface area contributed by atoms with Gasteiger partial charge in [-0.05, 0) is 19.3 Å². The highest BCUT2D eigenvalue weighted by atomic mass is 32.2. The van der Waals surface area contributed by atoms with E-state index in [9.17, 15) is 9.59 Å². The number of nitrogens with zero attached hydrogens (tertiary/aromatic N) is 1. The Morgan fingerprint density at radius 3 is 2.60 bits per heavy atom. The molecule has 0 spiro atoms. The van der Waals surface area contributed by atoms with Gasteiger partial charge in [-0.3, -0.25) is 9.59 Å². The van der Waals surface area contributed by atoms with Crippen LogP contribution in [0.1, 0.15) is 19.3 Å². The van der Waals surface area contributed by atoms with Crippen LogP contribution in [0.3, 0.4) is 0 Å². The summed E-state index contributed by atoms with van der Waals surface area (Å²) in [4.78, 5) is 25.1. The number of thioether (sulfide) groups is 1. The number of amides is 2. The Balaban J connectivity index is 1.99. The summed E-state index contributed by atoms with van der Waals surface area (Å²) in [5, 5.41) is 11.4. The molecule has 0 atom stereocenters. The van der Waals surface area contributed by atoms with Crippen molar-refractivity contribution in [3.63, 3.8) is 0 Å². The fraction of sp³-hybridized carbons (Fsp3) is 0.846. The van der Waals surface area contributed by atoms with E-state index < -0.39 is 0 Å². The molecular formula is C13H24N2O4S. The van der Waals surface area contributed by atoms with E-state index in [0.29, 0.717) is 44.4 Å². The van der Waals surface area contributed by atoms with Gasteiger partial charge in [-0.15, -0.1) is 11.8 Å². The molecular weight excluding hydrogens is 280 g/mol. The van der Waals surface area contributed by atoms with Crippen LogP contribution in [0, 0.1) is 0 Å². The number of ether oxygens (including phenoxy) is 1. The molecule has 116 valence electrons. The van der Waals surface area contributed by atoms with Crippen molar-refractivity contribution in [3.05, 3.63) is 0 Å². The van der Waals surface area contributed by atoms with Gasteiger partial charge in [0.05, 0.1) is 24.7 Å². The number of aliphatic hydroxyl groups excluding tert-OH is 1. The first-order chi connectivity index (χ1) is 9.74. The molecule has 0 bridgehead atoms. The average Bonchev–Trinajstić information content (AvgIpc) is 2.48. The molecule has 1 aliphatic rings. The normalized spacial score (nSPS) is 15.2. The number of carbonyl (C=O) groups excluding carboxylic acids is 2. The SMILES string of the molecule is O=C(CSCC(=O)N1CCOCC1)NCCCCCO. The van der Waals surface area contributed by atoms with Crippen LogP contribution in [0.25, 0.3) is 0 Å².